The van der Waals surface area contributed by atoms with Crippen LogP contribution >= 0.6 is 11.6 Å². The molecule has 1 N–H and O–H groups in total. The lowest BCUT2D eigenvalue weighted by atomic mass is 10.2. The van der Waals surface area contributed by atoms with E-state index in [4.69, 9.17) is 16.3 Å². The summed E-state index contributed by atoms with van der Waals surface area (Å²) in [5.74, 6) is 1.60. The molecule has 1 aromatic heterocycles. The summed E-state index contributed by atoms with van der Waals surface area (Å²) in [6, 6.07) is 15.0. The first-order valence-corrected chi connectivity index (χ1v) is 7.08. The van der Waals surface area contributed by atoms with Gasteiger partial charge in [-0.2, -0.15) is 4.98 Å². The zero-order chi connectivity index (χ0) is 14.7. The van der Waals surface area contributed by atoms with Crippen LogP contribution in [-0.4, -0.2) is 16.5 Å². The van der Waals surface area contributed by atoms with E-state index >= 15 is 0 Å². The first-order chi connectivity index (χ1) is 10.3. The second kappa shape index (κ2) is 5.97. The second-order valence-corrected chi connectivity index (χ2v) is 4.84. The average molecular weight is 300 g/mol. The quantitative estimate of drug-likeness (QED) is 0.770. The Bertz CT molecular complexity index is 776. The van der Waals surface area contributed by atoms with Crippen molar-refractivity contribution in [3.8, 4) is 11.6 Å². The number of benzene rings is 2. The fraction of sp³-hybridized carbons (Fsp3) is 0.125. The molecule has 0 atom stereocenters. The number of halogens is 1. The van der Waals surface area contributed by atoms with Crippen LogP contribution in [-0.2, 0) is 0 Å². The summed E-state index contributed by atoms with van der Waals surface area (Å²) in [7, 11) is 0. The second-order valence-electron chi connectivity index (χ2n) is 4.43. The van der Waals surface area contributed by atoms with Crippen molar-refractivity contribution < 1.29 is 4.74 Å². The zero-order valence-corrected chi connectivity index (χ0v) is 12.3. The normalized spacial score (nSPS) is 10.6. The third-order valence-corrected chi connectivity index (χ3v) is 3.26. The molecule has 0 aliphatic carbocycles. The van der Waals surface area contributed by atoms with Crippen molar-refractivity contribution >= 4 is 28.5 Å². The van der Waals surface area contributed by atoms with E-state index in [9.17, 15) is 0 Å². The number of hydrogen-bond donors (Lipinski definition) is 1. The Balaban J connectivity index is 2.09. The third-order valence-electron chi connectivity index (χ3n) is 2.95. The van der Waals surface area contributed by atoms with E-state index in [0.717, 1.165) is 17.4 Å². The minimum absolute atomic E-state index is 0.490. The van der Waals surface area contributed by atoms with Crippen LogP contribution in [0.2, 0.25) is 5.02 Å². The molecule has 0 aliphatic rings. The number of nitrogens with one attached hydrogen (secondary N) is 1. The van der Waals surface area contributed by atoms with E-state index in [1.165, 1.54) is 0 Å². The summed E-state index contributed by atoms with van der Waals surface area (Å²) >= 11 is 6.14. The highest BCUT2D eigenvalue weighted by atomic mass is 35.5. The van der Waals surface area contributed by atoms with Gasteiger partial charge in [-0.05, 0) is 31.2 Å². The Morgan fingerprint density at radius 1 is 1.05 bits per heavy atom. The maximum absolute atomic E-state index is 6.14. The van der Waals surface area contributed by atoms with E-state index in [1.807, 2.05) is 49.4 Å². The molecule has 0 amide bonds. The fourth-order valence-corrected chi connectivity index (χ4v) is 2.17. The van der Waals surface area contributed by atoms with Gasteiger partial charge in [-0.3, -0.25) is 0 Å². The van der Waals surface area contributed by atoms with Crippen LogP contribution in [0, 0.1) is 0 Å². The number of hydrogen-bond acceptors (Lipinski definition) is 4. The number of aromatic nitrogens is 2. The van der Waals surface area contributed by atoms with Gasteiger partial charge in [-0.15, -0.1) is 0 Å². The summed E-state index contributed by atoms with van der Waals surface area (Å²) in [6.45, 7) is 2.73. The number of rotatable bonds is 4. The monoisotopic (exact) mass is 299 g/mol. The molecule has 0 saturated heterocycles. The lowest BCUT2D eigenvalue weighted by Crippen LogP contribution is -2.03. The molecule has 5 heteroatoms. The maximum Gasteiger partial charge on any atom is 0.232 e. The zero-order valence-electron chi connectivity index (χ0n) is 11.5. The Labute approximate surface area is 127 Å². The number of fused-ring (bicyclic) bond motifs is 1. The summed E-state index contributed by atoms with van der Waals surface area (Å²) in [5, 5.41) is 4.50. The van der Waals surface area contributed by atoms with E-state index < -0.39 is 0 Å². The number of anilines is 1. The van der Waals surface area contributed by atoms with E-state index in [2.05, 4.69) is 15.3 Å². The van der Waals surface area contributed by atoms with Crippen molar-refractivity contribution in [1.82, 2.24) is 9.97 Å². The molecule has 106 valence electrons. The third kappa shape index (κ3) is 2.90. The van der Waals surface area contributed by atoms with Gasteiger partial charge in [0.15, 0.2) is 0 Å². The summed E-state index contributed by atoms with van der Waals surface area (Å²) < 4.78 is 5.89. The van der Waals surface area contributed by atoms with Gasteiger partial charge in [-0.1, -0.05) is 35.9 Å². The molecule has 0 radical (unpaired) electrons. The van der Waals surface area contributed by atoms with Crippen LogP contribution in [0.1, 0.15) is 6.92 Å². The summed E-state index contributed by atoms with van der Waals surface area (Å²) in [4.78, 5) is 8.88. The van der Waals surface area contributed by atoms with Crippen LogP contribution in [0.25, 0.3) is 10.9 Å². The highest BCUT2D eigenvalue weighted by Crippen LogP contribution is 2.32. The topological polar surface area (TPSA) is 47.0 Å². The van der Waals surface area contributed by atoms with Gasteiger partial charge in [0, 0.05) is 6.54 Å². The fourth-order valence-electron chi connectivity index (χ4n) is 1.99. The smallest absolute Gasteiger partial charge is 0.232 e. The molecule has 0 saturated carbocycles. The van der Waals surface area contributed by atoms with E-state index in [1.54, 1.807) is 6.07 Å². The van der Waals surface area contributed by atoms with Gasteiger partial charge in [0.05, 0.1) is 15.9 Å². The molecule has 3 rings (SSSR count). The average Bonchev–Trinajstić information content (AvgIpc) is 2.50. The van der Waals surface area contributed by atoms with Gasteiger partial charge >= 0.3 is 0 Å². The molecule has 21 heavy (non-hydrogen) atoms. The van der Waals surface area contributed by atoms with Gasteiger partial charge in [0.25, 0.3) is 0 Å². The SMILES string of the molecule is CCNc1nc(Oc2ccccc2Cl)c2ccccc2n1. The van der Waals surface area contributed by atoms with Gasteiger partial charge in [-0.25, -0.2) is 4.98 Å². The van der Waals surface area contributed by atoms with Gasteiger partial charge < -0.3 is 10.1 Å². The molecule has 4 nitrogen and oxygen atoms in total. The Morgan fingerprint density at radius 2 is 1.81 bits per heavy atom. The Kier molecular flexibility index (Phi) is 3.88. The first-order valence-electron chi connectivity index (χ1n) is 6.71. The van der Waals surface area contributed by atoms with Crippen molar-refractivity contribution in [2.24, 2.45) is 0 Å². The highest BCUT2D eigenvalue weighted by molar-refractivity contribution is 6.32. The molecule has 0 spiro atoms. The molecular formula is C16H14ClN3O. The van der Waals surface area contributed by atoms with Crippen molar-refractivity contribution in [3.63, 3.8) is 0 Å². The standard InChI is InChI=1S/C16H14ClN3O/c1-2-18-16-19-13-9-5-3-7-11(13)15(20-16)21-14-10-6-4-8-12(14)17/h3-10H,2H2,1H3,(H,18,19,20). The maximum atomic E-state index is 6.14. The van der Waals surface area contributed by atoms with Gasteiger partial charge in [0.1, 0.15) is 5.75 Å². The minimum Gasteiger partial charge on any atom is -0.437 e. The largest absolute Gasteiger partial charge is 0.437 e. The van der Waals surface area contributed by atoms with Crippen molar-refractivity contribution in [2.75, 3.05) is 11.9 Å². The molecule has 1 heterocycles. The first kappa shape index (κ1) is 13.6. The summed E-state index contributed by atoms with van der Waals surface area (Å²) in [5.41, 5.74) is 0.825. The lowest BCUT2D eigenvalue weighted by Gasteiger charge is -2.11. The molecule has 0 aliphatic heterocycles. The minimum atomic E-state index is 0.490. The van der Waals surface area contributed by atoms with Crippen molar-refractivity contribution in [2.45, 2.75) is 6.92 Å². The highest BCUT2D eigenvalue weighted by Gasteiger charge is 2.10. The summed E-state index contributed by atoms with van der Waals surface area (Å²) in [6.07, 6.45) is 0. The Hall–Kier alpha value is -2.33. The van der Waals surface area contributed by atoms with Crippen LogP contribution in [0.4, 0.5) is 5.95 Å². The van der Waals surface area contributed by atoms with Crippen molar-refractivity contribution in [1.29, 1.82) is 0 Å². The Morgan fingerprint density at radius 3 is 2.62 bits per heavy atom. The molecule has 2 aromatic carbocycles. The van der Waals surface area contributed by atoms with Crippen LogP contribution in [0.5, 0.6) is 11.6 Å². The number of nitrogens with zero attached hydrogens (tertiary/aromatic N) is 2. The molecule has 0 fully saturated rings. The number of ether oxygens (including phenoxy) is 1. The predicted molar refractivity (Wildman–Crippen MR) is 85.2 cm³/mol. The molecule has 0 unspecified atom stereocenters. The van der Waals surface area contributed by atoms with E-state index in [0.29, 0.717) is 22.6 Å². The number of para-hydroxylation sites is 2. The molecular weight excluding hydrogens is 286 g/mol. The lowest BCUT2D eigenvalue weighted by molar-refractivity contribution is 0.469. The van der Waals surface area contributed by atoms with E-state index in [-0.39, 0.29) is 0 Å². The van der Waals surface area contributed by atoms with Crippen LogP contribution < -0.4 is 10.1 Å². The predicted octanol–water partition coefficient (Wildman–Crippen LogP) is 4.51. The van der Waals surface area contributed by atoms with Crippen molar-refractivity contribution in [3.05, 3.63) is 53.6 Å². The molecule has 3 aromatic rings. The van der Waals surface area contributed by atoms with Gasteiger partial charge in [0.2, 0.25) is 11.8 Å². The molecule has 0 bridgehead atoms. The van der Waals surface area contributed by atoms with Crippen LogP contribution in [0.15, 0.2) is 48.5 Å². The van der Waals surface area contributed by atoms with Crippen LogP contribution in [0.3, 0.4) is 0 Å².